The van der Waals surface area contributed by atoms with Crippen molar-refractivity contribution in [2.45, 2.75) is 103 Å². The van der Waals surface area contributed by atoms with Crippen molar-refractivity contribution in [3.05, 3.63) is 12.2 Å². The Bertz CT molecular complexity index is 458. The van der Waals surface area contributed by atoms with Crippen molar-refractivity contribution >= 4 is 5.97 Å². The number of hydrogen-bond donors (Lipinski definition) is 0. The average Bonchev–Trinajstić information content (AvgIpc) is 3.01. The van der Waals surface area contributed by atoms with Gasteiger partial charge in [-0.05, 0) is 50.4 Å². The van der Waals surface area contributed by atoms with Gasteiger partial charge in [-0.3, -0.25) is 4.79 Å². The van der Waals surface area contributed by atoms with Crippen LogP contribution in [-0.4, -0.2) is 23.3 Å². The van der Waals surface area contributed by atoms with Gasteiger partial charge in [0.2, 0.25) is 0 Å². The quantitative estimate of drug-likeness (QED) is 0.416. The van der Waals surface area contributed by atoms with Gasteiger partial charge in [0.25, 0.3) is 0 Å². The molecule has 0 aromatic heterocycles. The molecule has 24 heavy (non-hydrogen) atoms. The number of esters is 1. The third kappa shape index (κ3) is 4.04. The van der Waals surface area contributed by atoms with Crippen molar-refractivity contribution in [1.82, 2.24) is 0 Å². The fourth-order valence-electron chi connectivity index (χ4n) is 4.70. The molecule has 2 fully saturated rings. The third-order valence-electron chi connectivity index (χ3n) is 6.11. The van der Waals surface area contributed by atoms with Crippen LogP contribution in [0.25, 0.3) is 0 Å². The fraction of sp³-hybridized carbons (Fsp3) is 0.857. The van der Waals surface area contributed by atoms with E-state index >= 15 is 0 Å². The number of ether oxygens (including phenoxy) is 2. The van der Waals surface area contributed by atoms with Gasteiger partial charge in [-0.15, -0.1) is 0 Å². The molecule has 2 aliphatic heterocycles. The zero-order chi connectivity index (χ0) is 17.8. The van der Waals surface area contributed by atoms with Crippen molar-refractivity contribution in [3.8, 4) is 0 Å². The predicted molar refractivity (Wildman–Crippen MR) is 97.9 cm³/mol. The maximum absolute atomic E-state index is 11.7. The number of rotatable bonds is 9. The Hall–Kier alpha value is -0.830. The molecule has 0 aromatic carbocycles. The number of carbonyl (C=O) groups is 1. The lowest BCUT2D eigenvalue weighted by Gasteiger charge is -2.33. The molecule has 0 N–H and O–H groups in total. The van der Waals surface area contributed by atoms with E-state index < -0.39 is 0 Å². The normalized spacial score (nSPS) is 35.2. The highest BCUT2D eigenvalue weighted by molar-refractivity contribution is 5.73. The first-order chi connectivity index (χ1) is 11.4. The lowest BCUT2D eigenvalue weighted by molar-refractivity contribution is -0.149. The maximum atomic E-state index is 11.7. The Kier molecular flexibility index (Phi) is 6.52. The summed E-state index contributed by atoms with van der Waals surface area (Å²) in [6.45, 7) is 11.1. The van der Waals surface area contributed by atoms with E-state index in [4.69, 9.17) is 9.47 Å². The van der Waals surface area contributed by atoms with Crippen molar-refractivity contribution < 1.29 is 14.3 Å². The molecule has 0 spiro atoms. The Morgan fingerprint density at radius 3 is 2.54 bits per heavy atom. The Labute approximate surface area is 148 Å². The largest absolute Gasteiger partial charge is 0.456 e. The minimum absolute atomic E-state index is 0.0379. The highest BCUT2D eigenvalue weighted by Gasteiger charge is 2.60. The molecule has 3 heteroatoms. The summed E-state index contributed by atoms with van der Waals surface area (Å²) in [6.07, 6.45) is 12.4. The van der Waals surface area contributed by atoms with E-state index in [1.165, 1.54) is 12.8 Å². The summed E-state index contributed by atoms with van der Waals surface area (Å²) in [5, 5.41) is 0. The minimum Gasteiger partial charge on any atom is -0.456 e. The van der Waals surface area contributed by atoms with E-state index in [2.05, 4.69) is 46.8 Å². The summed E-state index contributed by atoms with van der Waals surface area (Å²) in [5.41, 5.74) is -0.480. The number of fused-ring (bicyclic) bond motifs is 1. The first kappa shape index (κ1) is 19.5. The summed E-state index contributed by atoms with van der Waals surface area (Å²) < 4.78 is 12.2. The molecule has 138 valence electrons. The molecule has 1 unspecified atom stereocenters. The molecule has 0 aliphatic carbocycles. The van der Waals surface area contributed by atoms with Crippen molar-refractivity contribution in [3.63, 3.8) is 0 Å². The van der Waals surface area contributed by atoms with Crippen molar-refractivity contribution in [2.24, 2.45) is 11.8 Å². The second kappa shape index (κ2) is 8.03. The monoisotopic (exact) mass is 336 g/mol. The van der Waals surface area contributed by atoms with Crippen LogP contribution in [0.4, 0.5) is 0 Å². The third-order valence-corrected chi connectivity index (χ3v) is 6.11. The van der Waals surface area contributed by atoms with E-state index in [0.717, 1.165) is 32.1 Å². The van der Waals surface area contributed by atoms with Crippen LogP contribution in [0.1, 0.15) is 86.0 Å². The summed E-state index contributed by atoms with van der Waals surface area (Å²) >= 11 is 0. The van der Waals surface area contributed by atoms with E-state index in [9.17, 15) is 4.79 Å². The second-order valence-electron chi connectivity index (χ2n) is 7.97. The molecule has 2 saturated heterocycles. The molecule has 5 atom stereocenters. The van der Waals surface area contributed by atoms with Crippen LogP contribution in [0.5, 0.6) is 0 Å². The van der Waals surface area contributed by atoms with Gasteiger partial charge >= 0.3 is 5.97 Å². The van der Waals surface area contributed by atoms with E-state index in [1.54, 1.807) is 0 Å². The number of allylic oxidation sites excluding steroid dienone is 2. The fourth-order valence-corrected chi connectivity index (χ4v) is 4.70. The first-order valence-corrected chi connectivity index (χ1v) is 9.98. The lowest BCUT2D eigenvalue weighted by atomic mass is 9.78. The number of carbonyl (C=O) groups excluding carboxylic acids is 1. The molecular weight excluding hydrogens is 300 g/mol. The van der Waals surface area contributed by atoms with Crippen LogP contribution >= 0.6 is 0 Å². The SMILES string of the molecule is CC/C=C/C(CC)C[C@H](C)C[C@@]1(CC)C[C@]2(CC)OC(=O)C[C@@H]2O1. The van der Waals surface area contributed by atoms with Gasteiger partial charge in [-0.1, -0.05) is 46.8 Å². The van der Waals surface area contributed by atoms with Gasteiger partial charge < -0.3 is 9.47 Å². The molecule has 0 amide bonds. The van der Waals surface area contributed by atoms with Crippen LogP contribution < -0.4 is 0 Å². The predicted octanol–water partition coefficient (Wildman–Crippen LogP) is 5.43. The maximum Gasteiger partial charge on any atom is 0.309 e. The minimum atomic E-state index is -0.362. The topological polar surface area (TPSA) is 35.5 Å². The van der Waals surface area contributed by atoms with Gasteiger partial charge in [0, 0.05) is 6.42 Å². The van der Waals surface area contributed by atoms with Crippen LogP contribution in [-0.2, 0) is 14.3 Å². The summed E-state index contributed by atoms with van der Waals surface area (Å²) in [6, 6.07) is 0. The molecule has 0 aromatic rings. The summed E-state index contributed by atoms with van der Waals surface area (Å²) in [5.74, 6) is 1.18. The van der Waals surface area contributed by atoms with Gasteiger partial charge in [0.05, 0.1) is 12.0 Å². The van der Waals surface area contributed by atoms with Crippen molar-refractivity contribution in [2.75, 3.05) is 0 Å². The summed E-state index contributed by atoms with van der Waals surface area (Å²) in [4.78, 5) is 11.7. The standard InChI is InChI=1S/C21H36O3/c1-6-10-11-17(7-2)12-16(5)14-20(8-3)15-21(9-4)18(23-20)13-19(22)24-21/h10-11,16-18H,6-9,12-15H2,1-5H3/b11-10+/t16-,17?,18-,20-,21-/m0/s1. The molecule has 0 saturated carbocycles. The molecule has 2 heterocycles. The van der Waals surface area contributed by atoms with Gasteiger partial charge in [0.1, 0.15) is 11.7 Å². The zero-order valence-electron chi connectivity index (χ0n) is 16.3. The molecule has 2 aliphatic rings. The zero-order valence-corrected chi connectivity index (χ0v) is 16.3. The van der Waals surface area contributed by atoms with Crippen LogP contribution in [0.15, 0.2) is 12.2 Å². The Balaban J connectivity index is 2.02. The highest BCUT2D eigenvalue weighted by Crippen LogP contribution is 2.51. The molecule has 0 bridgehead atoms. The van der Waals surface area contributed by atoms with E-state index in [-0.39, 0.29) is 23.3 Å². The molecular formula is C21H36O3. The number of hydrogen-bond acceptors (Lipinski definition) is 3. The van der Waals surface area contributed by atoms with E-state index in [1.807, 2.05) is 0 Å². The Morgan fingerprint density at radius 1 is 1.25 bits per heavy atom. The van der Waals surface area contributed by atoms with Crippen LogP contribution in [0.3, 0.4) is 0 Å². The molecule has 3 nitrogen and oxygen atoms in total. The van der Waals surface area contributed by atoms with Gasteiger partial charge in [0.15, 0.2) is 0 Å². The van der Waals surface area contributed by atoms with Gasteiger partial charge in [-0.25, -0.2) is 0 Å². The Morgan fingerprint density at radius 2 is 2.00 bits per heavy atom. The highest BCUT2D eigenvalue weighted by atomic mass is 16.6. The van der Waals surface area contributed by atoms with E-state index in [0.29, 0.717) is 18.3 Å². The average molecular weight is 337 g/mol. The molecule has 2 rings (SSSR count). The molecule has 0 radical (unpaired) electrons. The van der Waals surface area contributed by atoms with Gasteiger partial charge in [-0.2, -0.15) is 0 Å². The van der Waals surface area contributed by atoms with Crippen molar-refractivity contribution in [1.29, 1.82) is 0 Å². The second-order valence-corrected chi connectivity index (χ2v) is 7.97. The summed E-state index contributed by atoms with van der Waals surface area (Å²) in [7, 11) is 0. The smallest absolute Gasteiger partial charge is 0.309 e. The first-order valence-electron chi connectivity index (χ1n) is 9.98. The van der Waals surface area contributed by atoms with Crippen LogP contribution in [0.2, 0.25) is 0 Å². The van der Waals surface area contributed by atoms with Crippen LogP contribution in [0, 0.1) is 11.8 Å². The lowest BCUT2D eigenvalue weighted by Crippen LogP contribution is -2.36.